The Kier molecular flexibility index (Phi) is 11.8. The van der Waals surface area contributed by atoms with Crippen LogP contribution in [0.2, 0.25) is 0 Å². The molecule has 0 bridgehead atoms. The number of allylic oxidation sites excluding steroid dienone is 3. The number of benzene rings is 1. The molecule has 0 atom stereocenters. The second-order valence-corrected chi connectivity index (χ2v) is 7.36. The molecule has 0 aliphatic rings. The lowest BCUT2D eigenvalue weighted by Crippen LogP contribution is -2.33. The van der Waals surface area contributed by atoms with Crippen molar-refractivity contribution in [2.45, 2.75) is 32.9 Å². The Balaban J connectivity index is 3.06. The number of hydrogen-bond acceptors (Lipinski definition) is 4. The maximum Gasteiger partial charge on any atom is 0.412 e. The van der Waals surface area contributed by atoms with Crippen molar-refractivity contribution in [3.8, 4) is 5.75 Å². The highest BCUT2D eigenvalue weighted by Crippen LogP contribution is 2.29. The molecule has 0 saturated carbocycles. The fraction of sp³-hybridized carbons (Fsp3) is 0.458. The zero-order chi connectivity index (χ0) is 24.1. The van der Waals surface area contributed by atoms with Crippen LogP contribution in [0, 0.1) is 6.92 Å². The van der Waals surface area contributed by atoms with E-state index in [0.717, 1.165) is 24.6 Å². The first-order valence-corrected chi connectivity index (χ1v) is 10.6. The number of carbonyl (C=O) groups is 1. The number of ether oxygens (including phenoxy) is 1. The molecule has 0 saturated heterocycles. The lowest BCUT2D eigenvalue weighted by atomic mass is 10.1. The summed E-state index contributed by atoms with van der Waals surface area (Å²) in [4.78, 5) is 14.6. The van der Waals surface area contributed by atoms with Crippen molar-refractivity contribution < 1.29 is 22.7 Å². The summed E-state index contributed by atoms with van der Waals surface area (Å²) in [6.45, 7) is 9.68. The number of alkyl halides is 3. The predicted molar refractivity (Wildman–Crippen MR) is 123 cm³/mol. The Morgan fingerprint density at radius 2 is 1.97 bits per heavy atom. The molecule has 0 spiro atoms. The van der Waals surface area contributed by atoms with E-state index in [1.165, 1.54) is 19.3 Å². The molecule has 0 fully saturated rings. The van der Waals surface area contributed by atoms with Crippen LogP contribution in [0.1, 0.15) is 35.7 Å². The number of nitrogens with zero attached hydrogens (tertiary/aromatic N) is 1. The summed E-state index contributed by atoms with van der Waals surface area (Å²) >= 11 is 0. The number of rotatable bonds is 13. The smallest absolute Gasteiger partial charge is 0.412 e. The molecule has 0 aliphatic heterocycles. The SMILES string of the molecule is C=C/C=C(\C=C(/CCN(CCC)CCNC)C(F)(F)F)NC(=O)c1ccc(OC)c(C)c1. The topological polar surface area (TPSA) is 53.6 Å². The van der Waals surface area contributed by atoms with E-state index in [-0.39, 0.29) is 18.7 Å². The van der Waals surface area contributed by atoms with E-state index in [4.69, 9.17) is 4.74 Å². The number of methoxy groups -OCH3 is 1. The minimum absolute atomic E-state index is 0.0306. The van der Waals surface area contributed by atoms with E-state index in [1.807, 2.05) is 18.9 Å². The maximum absolute atomic E-state index is 13.7. The third-order valence-corrected chi connectivity index (χ3v) is 4.82. The van der Waals surface area contributed by atoms with E-state index in [0.29, 0.717) is 24.4 Å². The van der Waals surface area contributed by atoms with Crippen molar-refractivity contribution in [2.75, 3.05) is 40.3 Å². The number of halogens is 3. The molecule has 1 rings (SSSR count). The van der Waals surface area contributed by atoms with Crippen molar-refractivity contribution in [1.29, 1.82) is 0 Å². The first kappa shape index (κ1) is 27.5. The molecule has 0 unspecified atom stereocenters. The highest BCUT2D eigenvalue weighted by Gasteiger charge is 2.33. The molecule has 1 aromatic carbocycles. The van der Waals surface area contributed by atoms with E-state index in [1.54, 1.807) is 25.1 Å². The van der Waals surface area contributed by atoms with E-state index in [2.05, 4.69) is 17.2 Å². The van der Waals surface area contributed by atoms with Gasteiger partial charge in [0.25, 0.3) is 5.91 Å². The average Bonchev–Trinajstić information content (AvgIpc) is 2.73. The maximum atomic E-state index is 13.7. The number of hydrogen-bond donors (Lipinski definition) is 2. The number of nitrogens with one attached hydrogen (secondary N) is 2. The van der Waals surface area contributed by atoms with E-state index in [9.17, 15) is 18.0 Å². The minimum atomic E-state index is -4.51. The van der Waals surface area contributed by atoms with Gasteiger partial charge in [-0.3, -0.25) is 4.79 Å². The van der Waals surface area contributed by atoms with E-state index < -0.39 is 17.7 Å². The van der Waals surface area contributed by atoms with Gasteiger partial charge in [-0.25, -0.2) is 0 Å². The minimum Gasteiger partial charge on any atom is -0.496 e. The lowest BCUT2D eigenvalue weighted by molar-refractivity contribution is -0.0946. The highest BCUT2D eigenvalue weighted by atomic mass is 19.4. The van der Waals surface area contributed by atoms with Gasteiger partial charge in [0, 0.05) is 36.5 Å². The van der Waals surface area contributed by atoms with Gasteiger partial charge in [-0.1, -0.05) is 19.6 Å². The fourth-order valence-corrected chi connectivity index (χ4v) is 3.16. The zero-order valence-electron chi connectivity index (χ0n) is 19.3. The van der Waals surface area contributed by atoms with Gasteiger partial charge in [-0.2, -0.15) is 13.2 Å². The van der Waals surface area contributed by atoms with Crippen LogP contribution in [-0.4, -0.2) is 57.3 Å². The van der Waals surface area contributed by atoms with Crippen LogP contribution in [0.15, 0.2) is 54.3 Å². The molecule has 0 radical (unpaired) electrons. The van der Waals surface area contributed by atoms with Crippen molar-refractivity contribution in [3.05, 3.63) is 65.4 Å². The molecule has 5 nitrogen and oxygen atoms in total. The standard InChI is InChI=1S/C24H34F3N3O2/c1-6-8-21(29-23(31)19-9-10-22(32-5)18(3)16-19)17-20(24(25,26)27)11-14-30(13-7-2)15-12-28-4/h6,8-10,16-17,28H,1,7,11-15H2,2-5H3,(H,29,31)/b20-17+,21-8+. The molecule has 0 heterocycles. The van der Waals surface area contributed by atoms with Gasteiger partial charge in [0.2, 0.25) is 0 Å². The summed E-state index contributed by atoms with van der Waals surface area (Å²) in [5, 5.41) is 5.58. The fourth-order valence-electron chi connectivity index (χ4n) is 3.16. The molecular weight excluding hydrogens is 419 g/mol. The second kappa shape index (κ2) is 13.8. The summed E-state index contributed by atoms with van der Waals surface area (Å²) in [6, 6.07) is 4.83. The Labute approximate surface area is 189 Å². The first-order valence-electron chi connectivity index (χ1n) is 10.6. The van der Waals surface area contributed by atoms with Crippen LogP contribution >= 0.6 is 0 Å². The zero-order valence-corrected chi connectivity index (χ0v) is 19.3. The highest BCUT2D eigenvalue weighted by molar-refractivity contribution is 5.96. The van der Waals surface area contributed by atoms with Gasteiger partial charge < -0.3 is 20.3 Å². The number of amides is 1. The van der Waals surface area contributed by atoms with E-state index >= 15 is 0 Å². The van der Waals surface area contributed by atoms with Gasteiger partial charge in [0.1, 0.15) is 5.75 Å². The number of aryl methyl sites for hydroxylation is 1. The summed E-state index contributed by atoms with van der Waals surface area (Å²) < 4.78 is 46.4. The molecule has 2 N–H and O–H groups in total. The van der Waals surface area contributed by atoms with Crippen molar-refractivity contribution in [2.24, 2.45) is 0 Å². The van der Waals surface area contributed by atoms with Gasteiger partial charge in [0.05, 0.1) is 7.11 Å². The Bertz CT molecular complexity index is 817. The summed E-state index contributed by atoms with van der Waals surface area (Å²) in [5.41, 5.74) is 0.394. The van der Waals surface area contributed by atoms with Gasteiger partial charge >= 0.3 is 6.18 Å². The summed E-state index contributed by atoms with van der Waals surface area (Å²) in [5.74, 6) is 0.112. The van der Waals surface area contributed by atoms with Gasteiger partial charge in [-0.05, 0) is 69.3 Å². The van der Waals surface area contributed by atoms with Crippen LogP contribution in [-0.2, 0) is 0 Å². The average molecular weight is 454 g/mol. The Morgan fingerprint density at radius 3 is 2.50 bits per heavy atom. The van der Waals surface area contributed by atoms with Crippen molar-refractivity contribution >= 4 is 5.91 Å². The third kappa shape index (κ3) is 9.28. The third-order valence-electron chi connectivity index (χ3n) is 4.82. The quantitative estimate of drug-likeness (QED) is 0.428. The Morgan fingerprint density at radius 1 is 1.25 bits per heavy atom. The normalized spacial score (nSPS) is 12.8. The van der Waals surface area contributed by atoms with Crippen LogP contribution in [0.25, 0.3) is 0 Å². The molecule has 32 heavy (non-hydrogen) atoms. The lowest BCUT2D eigenvalue weighted by Gasteiger charge is -2.23. The van der Waals surface area contributed by atoms with Crippen molar-refractivity contribution in [3.63, 3.8) is 0 Å². The van der Waals surface area contributed by atoms with Crippen LogP contribution in [0.3, 0.4) is 0 Å². The largest absolute Gasteiger partial charge is 0.496 e. The number of likely N-dealkylation sites (N-methyl/N-ethyl adjacent to an activating group) is 1. The molecular formula is C24H34F3N3O2. The molecule has 1 amide bonds. The first-order chi connectivity index (χ1) is 15.2. The van der Waals surface area contributed by atoms with Crippen molar-refractivity contribution in [1.82, 2.24) is 15.5 Å². The Hall–Kier alpha value is -2.58. The molecule has 8 heteroatoms. The van der Waals surface area contributed by atoms with Crippen LogP contribution < -0.4 is 15.4 Å². The molecule has 1 aromatic rings. The van der Waals surface area contributed by atoms with Gasteiger partial charge in [0.15, 0.2) is 0 Å². The molecule has 178 valence electrons. The molecule has 0 aromatic heterocycles. The number of carbonyl (C=O) groups excluding carboxylic acids is 1. The van der Waals surface area contributed by atoms with Crippen LogP contribution in [0.5, 0.6) is 5.75 Å². The molecule has 0 aliphatic carbocycles. The van der Waals surface area contributed by atoms with Gasteiger partial charge in [-0.15, -0.1) is 0 Å². The summed E-state index contributed by atoms with van der Waals surface area (Å²) in [7, 11) is 3.33. The van der Waals surface area contributed by atoms with Crippen LogP contribution in [0.4, 0.5) is 13.2 Å². The summed E-state index contributed by atoms with van der Waals surface area (Å²) in [6.07, 6.45) is -0.159. The second-order valence-electron chi connectivity index (χ2n) is 7.36. The monoisotopic (exact) mass is 453 g/mol. The predicted octanol–water partition coefficient (Wildman–Crippen LogP) is 4.61.